The second-order valence-corrected chi connectivity index (χ2v) is 6.95. The van der Waals surface area contributed by atoms with Crippen LogP contribution in [0.3, 0.4) is 0 Å². The normalized spacial score (nSPS) is 15.9. The van der Waals surface area contributed by atoms with E-state index in [2.05, 4.69) is 49.0 Å². The van der Waals surface area contributed by atoms with Crippen molar-refractivity contribution in [2.24, 2.45) is 4.99 Å². The van der Waals surface area contributed by atoms with Crippen molar-refractivity contribution in [3.05, 3.63) is 42.5 Å². The van der Waals surface area contributed by atoms with Gasteiger partial charge in [-0.25, -0.2) is 4.99 Å². The highest BCUT2D eigenvalue weighted by Crippen LogP contribution is 2.19. The van der Waals surface area contributed by atoms with Crippen molar-refractivity contribution in [2.75, 3.05) is 26.2 Å². The van der Waals surface area contributed by atoms with Gasteiger partial charge in [-0.15, -0.1) is 24.0 Å². The fourth-order valence-corrected chi connectivity index (χ4v) is 3.16. The Balaban J connectivity index is 0.00000364. The lowest BCUT2D eigenvalue weighted by Crippen LogP contribution is -2.49. The highest BCUT2D eigenvalue weighted by atomic mass is 127. The minimum Gasteiger partial charge on any atom is -0.489 e. The predicted molar refractivity (Wildman–Crippen MR) is 125 cm³/mol. The maximum Gasteiger partial charge on any atom is 0.191 e. The number of benzene rings is 1. The van der Waals surface area contributed by atoms with E-state index >= 15 is 0 Å². The Kier molecular flexibility index (Phi) is 11.4. The number of para-hydroxylation sites is 1. The second-order valence-electron chi connectivity index (χ2n) is 6.95. The molecule has 0 amide bonds. The number of hydrogen-bond acceptors (Lipinski definition) is 3. The molecule has 1 heterocycles. The average molecular weight is 486 g/mol. The van der Waals surface area contributed by atoms with Gasteiger partial charge in [0.1, 0.15) is 12.4 Å². The summed E-state index contributed by atoms with van der Waals surface area (Å²) >= 11 is 0. The molecule has 27 heavy (non-hydrogen) atoms. The van der Waals surface area contributed by atoms with Crippen molar-refractivity contribution in [1.29, 1.82) is 0 Å². The Morgan fingerprint density at radius 1 is 1.33 bits per heavy atom. The summed E-state index contributed by atoms with van der Waals surface area (Å²) in [7, 11) is 0. The molecule has 1 aromatic rings. The predicted octanol–water partition coefficient (Wildman–Crippen LogP) is 3.80. The van der Waals surface area contributed by atoms with E-state index in [1.807, 2.05) is 18.2 Å². The summed E-state index contributed by atoms with van der Waals surface area (Å²) < 4.78 is 5.73. The number of likely N-dealkylation sites (tertiary alicyclic amines) is 1. The van der Waals surface area contributed by atoms with Crippen molar-refractivity contribution < 1.29 is 4.74 Å². The zero-order valence-electron chi connectivity index (χ0n) is 16.9. The molecule has 2 rings (SSSR count). The molecule has 0 radical (unpaired) electrons. The molecule has 0 saturated carbocycles. The largest absolute Gasteiger partial charge is 0.489 e. The van der Waals surface area contributed by atoms with E-state index in [1.54, 1.807) is 6.08 Å². The summed E-state index contributed by atoms with van der Waals surface area (Å²) in [5, 5.41) is 6.97. The molecule has 0 aromatic heterocycles. The minimum absolute atomic E-state index is 0. The van der Waals surface area contributed by atoms with Crippen LogP contribution >= 0.6 is 24.0 Å². The molecule has 1 aliphatic rings. The SMILES string of the molecule is C=CCOc1ccccc1CN=C(NCC)NC1CCN(C(C)C)CC1.I. The molecule has 6 heteroatoms. The number of piperidine rings is 1. The summed E-state index contributed by atoms with van der Waals surface area (Å²) in [6, 6.07) is 9.16. The number of ether oxygens (including phenoxy) is 1. The first kappa shape index (κ1) is 23.8. The molecule has 5 nitrogen and oxygen atoms in total. The monoisotopic (exact) mass is 486 g/mol. The molecule has 0 atom stereocenters. The number of nitrogens with zero attached hydrogens (tertiary/aromatic N) is 2. The molecule has 1 aromatic carbocycles. The zero-order valence-corrected chi connectivity index (χ0v) is 19.2. The first-order valence-corrected chi connectivity index (χ1v) is 9.74. The van der Waals surface area contributed by atoms with Gasteiger partial charge in [-0.05, 0) is 39.7 Å². The van der Waals surface area contributed by atoms with Gasteiger partial charge in [-0.2, -0.15) is 0 Å². The number of halogens is 1. The molecular weight excluding hydrogens is 451 g/mol. The molecule has 0 aliphatic carbocycles. The quantitative estimate of drug-likeness (QED) is 0.254. The molecule has 152 valence electrons. The van der Waals surface area contributed by atoms with E-state index in [-0.39, 0.29) is 24.0 Å². The van der Waals surface area contributed by atoms with Crippen LogP contribution in [0, 0.1) is 0 Å². The first-order valence-electron chi connectivity index (χ1n) is 9.74. The van der Waals surface area contributed by atoms with Gasteiger partial charge in [0.15, 0.2) is 5.96 Å². The number of hydrogen-bond donors (Lipinski definition) is 2. The summed E-state index contributed by atoms with van der Waals surface area (Å²) in [6.45, 7) is 14.6. The van der Waals surface area contributed by atoms with Crippen LogP contribution in [0.2, 0.25) is 0 Å². The standard InChI is InChI=1S/C21H34N4O.HI/c1-5-15-26-20-10-8-7-9-18(20)16-23-21(22-6-2)24-19-11-13-25(14-12-19)17(3)4;/h5,7-10,17,19H,1,6,11-16H2,2-4H3,(H2,22,23,24);1H. The summed E-state index contributed by atoms with van der Waals surface area (Å²) in [5.74, 6) is 1.76. The number of aliphatic imine (C=N–C) groups is 1. The third-order valence-electron chi connectivity index (χ3n) is 4.68. The second kappa shape index (κ2) is 13.0. The maximum atomic E-state index is 5.73. The summed E-state index contributed by atoms with van der Waals surface area (Å²) in [4.78, 5) is 7.31. The highest BCUT2D eigenvalue weighted by Gasteiger charge is 2.21. The highest BCUT2D eigenvalue weighted by molar-refractivity contribution is 14.0. The molecule has 1 aliphatic heterocycles. The molecule has 0 unspecified atom stereocenters. The molecule has 1 fully saturated rings. The molecular formula is C21H35IN4O. The summed E-state index contributed by atoms with van der Waals surface area (Å²) in [5.41, 5.74) is 1.08. The van der Waals surface area contributed by atoms with Crippen LogP contribution in [0.25, 0.3) is 0 Å². The Bertz CT molecular complexity index is 583. The Hall–Kier alpha value is -1.28. The average Bonchev–Trinajstić information content (AvgIpc) is 2.65. The van der Waals surface area contributed by atoms with Gasteiger partial charge in [-0.3, -0.25) is 0 Å². The summed E-state index contributed by atoms with van der Waals surface area (Å²) in [6.07, 6.45) is 4.07. The van der Waals surface area contributed by atoms with Crippen molar-refractivity contribution in [3.8, 4) is 5.75 Å². The third-order valence-corrected chi connectivity index (χ3v) is 4.68. The van der Waals surface area contributed by atoms with Gasteiger partial charge in [0.2, 0.25) is 0 Å². The van der Waals surface area contributed by atoms with Crippen molar-refractivity contribution in [3.63, 3.8) is 0 Å². The first-order chi connectivity index (χ1) is 12.6. The molecule has 1 saturated heterocycles. The van der Waals surface area contributed by atoms with E-state index in [1.165, 1.54) is 0 Å². The topological polar surface area (TPSA) is 48.9 Å². The maximum absolute atomic E-state index is 5.73. The fourth-order valence-electron chi connectivity index (χ4n) is 3.16. The van der Waals surface area contributed by atoms with Crippen molar-refractivity contribution in [1.82, 2.24) is 15.5 Å². The van der Waals surface area contributed by atoms with Crippen LogP contribution in [0.5, 0.6) is 5.75 Å². The van der Waals surface area contributed by atoms with E-state index in [9.17, 15) is 0 Å². The van der Waals surface area contributed by atoms with Gasteiger partial charge >= 0.3 is 0 Å². The zero-order chi connectivity index (χ0) is 18.8. The van der Waals surface area contributed by atoms with Gasteiger partial charge < -0.3 is 20.3 Å². The number of rotatable bonds is 8. The van der Waals surface area contributed by atoms with E-state index in [4.69, 9.17) is 9.73 Å². The van der Waals surface area contributed by atoms with Gasteiger partial charge in [0, 0.05) is 37.3 Å². The molecule has 0 spiro atoms. The van der Waals surface area contributed by atoms with Crippen LogP contribution in [0.4, 0.5) is 0 Å². The van der Waals surface area contributed by atoms with E-state index in [0.29, 0.717) is 25.2 Å². The van der Waals surface area contributed by atoms with E-state index < -0.39 is 0 Å². The van der Waals surface area contributed by atoms with Crippen LogP contribution in [-0.4, -0.2) is 49.2 Å². The van der Waals surface area contributed by atoms with E-state index in [0.717, 1.165) is 49.7 Å². The van der Waals surface area contributed by atoms with Crippen LogP contribution in [0.15, 0.2) is 41.9 Å². The fraction of sp³-hybridized carbons (Fsp3) is 0.571. The van der Waals surface area contributed by atoms with Crippen molar-refractivity contribution in [2.45, 2.75) is 52.2 Å². The Morgan fingerprint density at radius 3 is 2.67 bits per heavy atom. The third kappa shape index (κ3) is 8.09. The van der Waals surface area contributed by atoms with Gasteiger partial charge in [0.05, 0.1) is 6.54 Å². The van der Waals surface area contributed by atoms with Crippen LogP contribution in [0.1, 0.15) is 39.2 Å². The smallest absolute Gasteiger partial charge is 0.191 e. The molecule has 0 bridgehead atoms. The van der Waals surface area contributed by atoms with Gasteiger partial charge in [-0.1, -0.05) is 30.9 Å². The lowest BCUT2D eigenvalue weighted by Gasteiger charge is -2.35. The molecule has 2 N–H and O–H groups in total. The van der Waals surface area contributed by atoms with Gasteiger partial charge in [0.25, 0.3) is 0 Å². The minimum atomic E-state index is 0. The number of guanidine groups is 1. The van der Waals surface area contributed by atoms with Crippen LogP contribution in [-0.2, 0) is 6.54 Å². The lowest BCUT2D eigenvalue weighted by atomic mass is 10.0. The number of nitrogens with one attached hydrogen (secondary N) is 2. The Labute approximate surface area is 181 Å². The Morgan fingerprint density at radius 2 is 2.04 bits per heavy atom. The van der Waals surface area contributed by atoms with Crippen LogP contribution < -0.4 is 15.4 Å². The van der Waals surface area contributed by atoms with Crippen molar-refractivity contribution >= 4 is 29.9 Å². The lowest BCUT2D eigenvalue weighted by molar-refractivity contribution is 0.167.